The van der Waals surface area contributed by atoms with Crippen molar-refractivity contribution in [3.8, 4) is 11.5 Å². The first-order valence-electron chi connectivity index (χ1n) is 8.05. The molecule has 1 heterocycles. The molecule has 1 aliphatic rings. The summed E-state index contributed by atoms with van der Waals surface area (Å²) >= 11 is 0. The van der Waals surface area contributed by atoms with E-state index in [1.165, 1.54) is 0 Å². The van der Waals surface area contributed by atoms with Crippen LogP contribution in [0.25, 0.3) is 0 Å². The molecule has 0 radical (unpaired) electrons. The third-order valence-electron chi connectivity index (χ3n) is 3.74. The summed E-state index contributed by atoms with van der Waals surface area (Å²) in [4.78, 5) is 17.9. The molecule has 0 saturated carbocycles. The van der Waals surface area contributed by atoms with Crippen molar-refractivity contribution in [2.24, 2.45) is 4.99 Å². The number of nitrogens with zero attached hydrogens (tertiary/aromatic N) is 2. The van der Waals surface area contributed by atoms with Crippen LogP contribution in [0.4, 0.5) is 4.79 Å². The van der Waals surface area contributed by atoms with Gasteiger partial charge in [0.15, 0.2) is 11.5 Å². The minimum absolute atomic E-state index is 0.113. The van der Waals surface area contributed by atoms with Gasteiger partial charge in [-0.05, 0) is 38.8 Å². The van der Waals surface area contributed by atoms with Crippen molar-refractivity contribution < 1.29 is 19.4 Å². The number of hydrogen-bond acceptors (Lipinski definition) is 5. The van der Waals surface area contributed by atoms with E-state index in [2.05, 4.69) is 4.99 Å². The summed E-state index contributed by atoms with van der Waals surface area (Å²) in [7, 11) is 0. The highest BCUT2D eigenvalue weighted by Gasteiger charge is 2.22. The maximum Gasteiger partial charge on any atom is 0.409 e. The fourth-order valence-corrected chi connectivity index (χ4v) is 2.51. The molecule has 1 amide bonds. The van der Waals surface area contributed by atoms with Gasteiger partial charge in [0.2, 0.25) is 0 Å². The van der Waals surface area contributed by atoms with E-state index in [4.69, 9.17) is 9.47 Å². The highest BCUT2D eigenvalue weighted by atomic mass is 16.6. The van der Waals surface area contributed by atoms with Crippen LogP contribution in [0.2, 0.25) is 0 Å². The SMILES string of the molecule is CCOC(=O)N1CCC(N=Cc2cccc(OCC)c2O)CC1. The van der Waals surface area contributed by atoms with Gasteiger partial charge in [-0.25, -0.2) is 4.79 Å². The molecule has 1 aromatic carbocycles. The molecular formula is C17H24N2O4. The Bertz CT molecular complexity index is 552. The predicted molar refractivity (Wildman–Crippen MR) is 88.5 cm³/mol. The van der Waals surface area contributed by atoms with Crippen molar-refractivity contribution in [2.75, 3.05) is 26.3 Å². The standard InChI is InChI=1S/C17H24N2O4/c1-3-22-15-7-5-6-13(16(15)20)12-18-14-8-10-19(11-9-14)17(21)23-4-2/h5-7,12,14,20H,3-4,8-11H2,1-2H3. The van der Waals surface area contributed by atoms with Gasteiger partial charge in [0.05, 0.1) is 19.3 Å². The summed E-state index contributed by atoms with van der Waals surface area (Å²) in [6.07, 6.45) is 3.02. The Morgan fingerprint density at radius 2 is 2.09 bits per heavy atom. The van der Waals surface area contributed by atoms with Crippen LogP contribution in [0.1, 0.15) is 32.3 Å². The number of rotatable bonds is 5. The second-order valence-electron chi connectivity index (χ2n) is 5.32. The Morgan fingerprint density at radius 1 is 1.35 bits per heavy atom. The maximum atomic E-state index is 11.6. The van der Waals surface area contributed by atoms with Crippen molar-refractivity contribution in [3.05, 3.63) is 23.8 Å². The van der Waals surface area contributed by atoms with Gasteiger partial charge >= 0.3 is 6.09 Å². The number of para-hydroxylation sites is 1. The molecule has 1 N–H and O–H groups in total. The molecule has 0 atom stereocenters. The number of aliphatic imine (C=N–C) groups is 1. The Balaban J connectivity index is 1.92. The Labute approximate surface area is 136 Å². The van der Waals surface area contributed by atoms with Crippen LogP contribution in [0.15, 0.2) is 23.2 Å². The van der Waals surface area contributed by atoms with Crippen LogP contribution in [0.5, 0.6) is 11.5 Å². The smallest absolute Gasteiger partial charge is 0.409 e. The number of phenolic OH excluding ortho intramolecular Hbond substituents is 1. The van der Waals surface area contributed by atoms with E-state index >= 15 is 0 Å². The number of phenols is 1. The number of aromatic hydroxyl groups is 1. The minimum Gasteiger partial charge on any atom is -0.504 e. The summed E-state index contributed by atoms with van der Waals surface area (Å²) < 4.78 is 10.4. The van der Waals surface area contributed by atoms with Gasteiger partial charge in [0, 0.05) is 24.9 Å². The number of piperidine rings is 1. The van der Waals surface area contributed by atoms with Gasteiger partial charge in [-0.3, -0.25) is 4.99 Å². The van der Waals surface area contributed by atoms with E-state index in [0.29, 0.717) is 37.6 Å². The van der Waals surface area contributed by atoms with Crippen LogP contribution in [-0.4, -0.2) is 54.7 Å². The molecule has 0 bridgehead atoms. The monoisotopic (exact) mass is 320 g/mol. The van der Waals surface area contributed by atoms with E-state index in [9.17, 15) is 9.90 Å². The molecule has 126 valence electrons. The van der Waals surface area contributed by atoms with Gasteiger partial charge < -0.3 is 19.5 Å². The second-order valence-corrected chi connectivity index (χ2v) is 5.32. The number of carbonyl (C=O) groups excluding carboxylic acids is 1. The molecule has 1 saturated heterocycles. The zero-order valence-corrected chi connectivity index (χ0v) is 13.7. The number of likely N-dealkylation sites (tertiary alicyclic amines) is 1. The Kier molecular flexibility index (Phi) is 6.26. The van der Waals surface area contributed by atoms with Gasteiger partial charge in [0.25, 0.3) is 0 Å². The Hall–Kier alpha value is -2.24. The molecule has 1 aromatic rings. The van der Waals surface area contributed by atoms with Crippen LogP contribution in [-0.2, 0) is 4.74 Å². The predicted octanol–water partition coefficient (Wildman–Crippen LogP) is 2.83. The molecule has 0 aliphatic carbocycles. The van der Waals surface area contributed by atoms with Gasteiger partial charge in [-0.2, -0.15) is 0 Å². The summed E-state index contributed by atoms with van der Waals surface area (Å²) in [6.45, 7) is 5.86. The first kappa shape index (κ1) is 17.1. The van der Waals surface area contributed by atoms with E-state index in [1.807, 2.05) is 13.0 Å². The van der Waals surface area contributed by atoms with Crippen molar-refractivity contribution in [1.29, 1.82) is 0 Å². The molecule has 6 nitrogen and oxygen atoms in total. The van der Waals surface area contributed by atoms with E-state index in [0.717, 1.165) is 12.8 Å². The number of benzene rings is 1. The molecule has 23 heavy (non-hydrogen) atoms. The quantitative estimate of drug-likeness (QED) is 0.847. The van der Waals surface area contributed by atoms with Crippen molar-refractivity contribution in [3.63, 3.8) is 0 Å². The van der Waals surface area contributed by atoms with Gasteiger partial charge in [0.1, 0.15) is 0 Å². The maximum absolute atomic E-state index is 11.6. The van der Waals surface area contributed by atoms with E-state index < -0.39 is 0 Å². The first-order valence-corrected chi connectivity index (χ1v) is 8.05. The molecule has 2 rings (SSSR count). The largest absolute Gasteiger partial charge is 0.504 e. The fraction of sp³-hybridized carbons (Fsp3) is 0.529. The lowest BCUT2D eigenvalue weighted by Gasteiger charge is -2.29. The minimum atomic E-state index is -0.253. The lowest BCUT2D eigenvalue weighted by molar-refractivity contribution is 0.0975. The highest BCUT2D eigenvalue weighted by molar-refractivity contribution is 5.84. The lowest BCUT2D eigenvalue weighted by Crippen LogP contribution is -2.40. The summed E-state index contributed by atoms with van der Waals surface area (Å²) in [5.74, 6) is 0.579. The molecule has 0 spiro atoms. The third kappa shape index (κ3) is 4.61. The number of hydrogen-bond donors (Lipinski definition) is 1. The Morgan fingerprint density at radius 3 is 2.74 bits per heavy atom. The highest BCUT2D eigenvalue weighted by Crippen LogP contribution is 2.28. The van der Waals surface area contributed by atoms with Gasteiger partial charge in [-0.1, -0.05) is 6.07 Å². The molecule has 0 unspecified atom stereocenters. The second kappa shape index (κ2) is 8.41. The molecule has 6 heteroatoms. The van der Waals surface area contributed by atoms with Crippen molar-refractivity contribution >= 4 is 12.3 Å². The summed E-state index contributed by atoms with van der Waals surface area (Å²) in [6, 6.07) is 5.51. The zero-order chi connectivity index (χ0) is 16.7. The van der Waals surface area contributed by atoms with Crippen molar-refractivity contribution in [1.82, 2.24) is 4.90 Å². The zero-order valence-electron chi connectivity index (χ0n) is 13.7. The molecular weight excluding hydrogens is 296 g/mol. The number of carbonyl (C=O) groups is 1. The normalized spacial score (nSPS) is 15.8. The van der Waals surface area contributed by atoms with E-state index in [1.54, 1.807) is 30.2 Å². The molecule has 1 fully saturated rings. The fourth-order valence-electron chi connectivity index (χ4n) is 2.51. The van der Waals surface area contributed by atoms with Crippen LogP contribution >= 0.6 is 0 Å². The van der Waals surface area contributed by atoms with E-state index in [-0.39, 0.29) is 17.9 Å². The van der Waals surface area contributed by atoms with Crippen LogP contribution in [0.3, 0.4) is 0 Å². The lowest BCUT2D eigenvalue weighted by atomic mass is 10.1. The van der Waals surface area contributed by atoms with Crippen molar-refractivity contribution in [2.45, 2.75) is 32.7 Å². The molecule has 1 aliphatic heterocycles. The van der Waals surface area contributed by atoms with Gasteiger partial charge in [-0.15, -0.1) is 0 Å². The van der Waals surface area contributed by atoms with Crippen LogP contribution in [0, 0.1) is 0 Å². The molecule has 0 aromatic heterocycles. The first-order chi connectivity index (χ1) is 11.2. The topological polar surface area (TPSA) is 71.4 Å². The summed E-state index contributed by atoms with van der Waals surface area (Å²) in [5.41, 5.74) is 0.642. The summed E-state index contributed by atoms with van der Waals surface area (Å²) in [5, 5.41) is 10.1. The number of ether oxygens (including phenoxy) is 2. The van der Waals surface area contributed by atoms with Crippen LogP contribution < -0.4 is 4.74 Å². The average Bonchev–Trinajstić information content (AvgIpc) is 2.56. The number of amides is 1. The third-order valence-corrected chi connectivity index (χ3v) is 3.74. The average molecular weight is 320 g/mol.